The Kier molecular flexibility index (Phi) is 2.65. The second kappa shape index (κ2) is 3.95. The van der Waals surface area contributed by atoms with E-state index in [9.17, 15) is 0 Å². The zero-order valence-corrected chi connectivity index (χ0v) is 9.17. The molecule has 0 saturated carbocycles. The van der Waals surface area contributed by atoms with Gasteiger partial charge in [0.15, 0.2) is 11.0 Å². The van der Waals surface area contributed by atoms with Crippen LogP contribution in [0.3, 0.4) is 0 Å². The molecular formula is C8H10N4O2S. The molecule has 0 amide bonds. The van der Waals surface area contributed by atoms with Crippen molar-refractivity contribution < 1.29 is 9.26 Å². The SMILES string of the molecule is COCc1noc(-c2sc(N)nc2C)n1. The van der Waals surface area contributed by atoms with Crippen LogP contribution in [-0.2, 0) is 11.3 Å². The third-order valence-corrected chi connectivity index (χ3v) is 2.72. The van der Waals surface area contributed by atoms with Crippen molar-refractivity contribution in [1.29, 1.82) is 0 Å². The van der Waals surface area contributed by atoms with Crippen LogP contribution in [0.15, 0.2) is 4.52 Å². The zero-order chi connectivity index (χ0) is 10.8. The van der Waals surface area contributed by atoms with Crippen molar-refractivity contribution in [2.45, 2.75) is 13.5 Å². The Bertz CT molecular complexity index is 465. The maximum absolute atomic E-state index is 5.58. The van der Waals surface area contributed by atoms with Gasteiger partial charge in [-0.15, -0.1) is 0 Å². The average molecular weight is 226 g/mol. The molecule has 80 valence electrons. The monoisotopic (exact) mass is 226 g/mol. The van der Waals surface area contributed by atoms with Crippen molar-refractivity contribution in [3.63, 3.8) is 0 Å². The summed E-state index contributed by atoms with van der Waals surface area (Å²) in [4.78, 5) is 9.04. The second-order valence-corrected chi connectivity index (χ2v) is 3.95. The van der Waals surface area contributed by atoms with Gasteiger partial charge in [0.05, 0.1) is 5.69 Å². The van der Waals surface area contributed by atoms with Crippen LogP contribution >= 0.6 is 11.3 Å². The highest BCUT2D eigenvalue weighted by Crippen LogP contribution is 2.29. The molecule has 2 heterocycles. The van der Waals surface area contributed by atoms with E-state index in [1.165, 1.54) is 11.3 Å². The topological polar surface area (TPSA) is 87.1 Å². The summed E-state index contributed by atoms with van der Waals surface area (Å²) >= 11 is 1.33. The molecule has 0 spiro atoms. The first-order valence-electron chi connectivity index (χ1n) is 4.25. The smallest absolute Gasteiger partial charge is 0.270 e. The Labute approximate surface area is 90.1 Å². The quantitative estimate of drug-likeness (QED) is 0.846. The standard InChI is InChI=1S/C8H10N4O2S/c1-4-6(15-8(9)10-4)7-11-5(3-13-2)12-14-7/h3H2,1-2H3,(H2,9,10). The van der Waals surface area contributed by atoms with E-state index in [1.54, 1.807) is 7.11 Å². The number of ether oxygens (including phenoxy) is 1. The van der Waals surface area contributed by atoms with E-state index >= 15 is 0 Å². The minimum atomic E-state index is 0.330. The summed E-state index contributed by atoms with van der Waals surface area (Å²) in [6, 6.07) is 0. The number of anilines is 1. The van der Waals surface area contributed by atoms with Gasteiger partial charge in [-0.1, -0.05) is 16.5 Å². The summed E-state index contributed by atoms with van der Waals surface area (Å²) in [6.07, 6.45) is 0. The lowest BCUT2D eigenvalue weighted by Crippen LogP contribution is -1.89. The fourth-order valence-electron chi connectivity index (χ4n) is 1.15. The number of thiazole rings is 1. The lowest BCUT2D eigenvalue weighted by molar-refractivity contribution is 0.174. The normalized spacial score (nSPS) is 10.8. The number of aryl methyl sites for hydroxylation is 1. The molecule has 6 nitrogen and oxygen atoms in total. The third kappa shape index (κ3) is 1.97. The Morgan fingerprint density at radius 3 is 2.87 bits per heavy atom. The van der Waals surface area contributed by atoms with E-state index in [0.717, 1.165) is 10.6 Å². The Hall–Kier alpha value is -1.47. The molecule has 0 fully saturated rings. The van der Waals surface area contributed by atoms with E-state index in [4.69, 9.17) is 15.0 Å². The lowest BCUT2D eigenvalue weighted by Gasteiger charge is -1.87. The van der Waals surface area contributed by atoms with Crippen LogP contribution in [0.25, 0.3) is 10.8 Å². The van der Waals surface area contributed by atoms with Gasteiger partial charge in [0, 0.05) is 7.11 Å². The van der Waals surface area contributed by atoms with Crippen molar-refractivity contribution in [2.75, 3.05) is 12.8 Å². The molecule has 2 rings (SSSR count). The van der Waals surface area contributed by atoms with E-state index in [1.807, 2.05) is 6.92 Å². The van der Waals surface area contributed by atoms with Gasteiger partial charge < -0.3 is 15.0 Å². The molecule has 0 aliphatic rings. The van der Waals surface area contributed by atoms with Gasteiger partial charge in [0.2, 0.25) is 0 Å². The number of methoxy groups -OCH3 is 1. The Balaban J connectivity index is 2.32. The van der Waals surface area contributed by atoms with Crippen molar-refractivity contribution in [2.24, 2.45) is 0 Å². The largest absolute Gasteiger partial charge is 0.377 e. The van der Waals surface area contributed by atoms with E-state index in [2.05, 4.69) is 15.1 Å². The van der Waals surface area contributed by atoms with Gasteiger partial charge in [-0.3, -0.25) is 0 Å². The Morgan fingerprint density at radius 1 is 1.47 bits per heavy atom. The molecule has 0 radical (unpaired) electrons. The number of nitrogen functional groups attached to an aromatic ring is 1. The number of hydrogen-bond acceptors (Lipinski definition) is 7. The molecule has 2 N–H and O–H groups in total. The molecule has 0 aliphatic heterocycles. The Morgan fingerprint density at radius 2 is 2.27 bits per heavy atom. The van der Waals surface area contributed by atoms with Crippen LogP contribution in [0.2, 0.25) is 0 Å². The molecule has 0 bridgehead atoms. The van der Waals surface area contributed by atoms with Gasteiger partial charge in [0.1, 0.15) is 11.5 Å². The minimum Gasteiger partial charge on any atom is -0.377 e. The van der Waals surface area contributed by atoms with Gasteiger partial charge in [-0.25, -0.2) is 4.98 Å². The van der Waals surface area contributed by atoms with E-state index < -0.39 is 0 Å². The molecular weight excluding hydrogens is 216 g/mol. The number of rotatable bonds is 3. The molecule has 0 unspecified atom stereocenters. The first-order chi connectivity index (χ1) is 7.20. The van der Waals surface area contributed by atoms with E-state index in [-0.39, 0.29) is 0 Å². The first-order valence-corrected chi connectivity index (χ1v) is 5.07. The predicted octanol–water partition coefficient (Wildman–Crippen LogP) is 1.23. The fraction of sp³-hybridized carbons (Fsp3) is 0.375. The van der Waals surface area contributed by atoms with Crippen molar-refractivity contribution in [3.05, 3.63) is 11.5 Å². The number of hydrogen-bond donors (Lipinski definition) is 1. The molecule has 0 saturated heterocycles. The van der Waals surface area contributed by atoms with Crippen molar-refractivity contribution in [3.8, 4) is 10.8 Å². The van der Waals surface area contributed by atoms with Gasteiger partial charge in [-0.05, 0) is 6.92 Å². The second-order valence-electron chi connectivity index (χ2n) is 2.92. The number of nitrogens with two attached hydrogens (primary N) is 1. The molecule has 0 atom stereocenters. The first kappa shape index (κ1) is 10.1. The highest BCUT2D eigenvalue weighted by atomic mass is 32.1. The zero-order valence-electron chi connectivity index (χ0n) is 8.35. The van der Waals surface area contributed by atoms with Crippen LogP contribution in [0, 0.1) is 6.92 Å². The van der Waals surface area contributed by atoms with Crippen LogP contribution < -0.4 is 5.73 Å². The summed E-state index contributed by atoms with van der Waals surface area (Å²) < 4.78 is 9.96. The van der Waals surface area contributed by atoms with E-state index in [0.29, 0.717) is 23.5 Å². The van der Waals surface area contributed by atoms with Crippen LogP contribution in [0.5, 0.6) is 0 Å². The summed E-state index contributed by atoms with van der Waals surface area (Å²) in [5.41, 5.74) is 6.37. The summed E-state index contributed by atoms with van der Waals surface area (Å²) in [6.45, 7) is 2.18. The maximum atomic E-state index is 5.58. The summed E-state index contributed by atoms with van der Waals surface area (Å²) in [7, 11) is 1.58. The lowest BCUT2D eigenvalue weighted by atomic mass is 10.4. The number of aromatic nitrogens is 3. The summed E-state index contributed by atoms with van der Waals surface area (Å²) in [5, 5.41) is 4.25. The van der Waals surface area contributed by atoms with Crippen LogP contribution in [-0.4, -0.2) is 22.2 Å². The minimum absolute atomic E-state index is 0.330. The molecule has 7 heteroatoms. The molecule has 0 aliphatic carbocycles. The van der Waals surface area contributed by atoms with Crippen molar-refractivity contribution in [1.82, 2.24) is 15.1 Å². The molecule has 2 aromatic rings. The van der Waals surface area contributed by atoms with Gasteiger partial charge in [0.25, 0.3) is 5.89 Å². The average Bonchev–Trinajstić information content (AvgIpc) is 2.73. The molecule has 2 aromatic heterocycles. The summed E-state index contributed by atoms with van der Waals surface area (Å²) in [5.74, 6) is 0.952. The predicted molar refractivity (Wildman–Crippen MR) is 55.3 cm³/mol. The number of nitrogens with zero attached hydrogens (tertiary/aromatic N) is 3. The van der Waals surface area contributed by atoms with Crippen molar-refractivity contribution >= 4 is 16.5 Å². The molecule has 15 heavy (non-hydrogen) atoms. The third-order valence-electron chi connectivity index (χ3n) is 1.75. The van der Waals surface area contributed by atoms with Gasteiger partial charge >= 0.3 is 0 Å². The molecule has 0 aromatic carbocycles. The van der Waals surface area contributed by atoms with Gasteiger partial charge in [-0.2, -0.15) is 4.98 Å². The highest BCUT2D eigenvalue weighted by molar-refractivity contribution is 7.18. The van der Waals surface area contributed by atoms with Crippen LogP contribution in [0.4, 0.5) is 5.13 Å². The maximum Gasteiger partial charge on any atom is 0.270 e. The van der Waals surface area contributed by atoms with Crippen LogP contribution in [0.1, 0.15) is 11.5 Å². The fourth-order valence-corrected chi connectivity index (χ4v) is 1.90. The highest BCUT2D eigenvalue weighted by Gasteiger charge is 2.15.